The van der Waals surface area contributed by atoms with Gasteiger partial charge in [-0.3, -0.25) is 4.79 Å². The molecule has 0 amide bonds. The zero-order valence-corrected chi connectivity index (χ0v) is 8.45. The molecule has 1 unspecified atom stereocenters. The average molecular weight is 176 g/mol. The molecule has 1 atom stereocenters. The van der Waals surface area contributed by atoms with Gasteiger partial charge < -0.3 is 0 Å². The molecule has 0 spiro atoms. The number of benzene rings is 1. The Balaban J connectivity index is 3.05. The number of hydrogen-bond donors (Lipinski definition) is 0. The Kier molecular flexibility index (Phi) is 3.24. The van der Waals surface area contributed by atoms with Gasteiger partial charge in [-0.25, -0.2) is 0 Å². The van der Waals surface area contributed by atoms with Crippen molar-refractivity contribution in [2.75, 3.05) is 0 Å². The largest absolute Gasteiger partial charge is 0.298 e. The minimum atomic E-state index is 0.446. The third-order valence-electron chi connectivity index (χ3n) is 2.61. The SMILES string of the molecule is CC(C)C(C)c1ccccc1C=O. The Hall–Kier alpha value is -1.11. The maximum absolute atomic E-state index is 10.8. The molecule has 1 aromatic rings. The lowest BCUT2D eigenvalue weighted by Gasteiger charge is -2.17. The summed E-state index contributed by atoms with van der Waals surface area (Å²) in [6.45, 7) is 6.51. The van der Waals surface area contributed by atoms with Gasteiger partial charge in [-0.15, -0.1) is 0 Å². The number of hydrogen-bond acceptors (Lipinski definition) is 1. The van der Waals surface area contributed by atoms with E-state index in [0.717, 1.165) is 17.4 Å². The molecule has 0 aliphatic rings. The highest BCUT2D eigenvalue weighted by molar-refractivity contribution is 5.77. The third-order valence-corrected chi connectivity index (χ3v) is 2.61. The van der Waals surface area contributed by atoms with E-state index in [2.05, 4.69) is 20.8 Å². The first-order chi connectivity index (χ1) is 6.16. The van der Waals surface area contributed by atoms with Crippen molar-refractivity contribution in [2.45, 2.75) is 26.7 Å². The van der Waals surface area contributed by atoms with Crippen molar-refractivity contribution in [1.29, 1.82) is 0 Å². The van der Waals surface area contributed by atoms with Gasteiger partial charge in [0.1, 0.15) is 6.29 Å². The second kappa shape index (κ2) is 4.22. The van der Waals surface area contributed by atoms with Crippen LogP contribution in [0.1, 0.15) is 42.6 Å². The van der Waals surface area contributed by atoms with Gasteiger partial charge >= 0.3 is 0 Å². The van der Waals surface area contributed by atoms with Gasteiger partial charge in [-0.05, 0) is 17.4 Å². The minimum Gasteiger partial charge on any atom is -0.298 e. The number of rotatable bonds is 3. The summed E-state index contributed by atoms with van der Waals surface area (Å²) in [7, 11) is 0. The van der Waals surface area contributed by atoms with Gasteiger partial charge in [0.25, 0.3) is 0 Å². The summed E-state index contributed by atoms with van der Waals surface area (Å²) in [5.41, 5.74) is 1.98. The van der Waals surface area contributed by atoms with E-state index >= 15 is 0 Å². The van der Waals surface area contributed by atoms with Crippen LogP contribution in [-0.2, 0) is 0 Å². The van der Waals surface area contributed by atoms with Gasteiger partial charge in [-0.1, -0.05) is 45.0 Å². The van der Waals surface area contributed by atoms with Crippen molar-refractivity contribution in [3.63, 3.8) is 0 Å². The lowest BCUT2D eigenvalue weighted by molar-refractivity contribution is 0.112. The fourth-order valence-corrected chi connectivity index (χ4v) is 1.39. The molecule has 0 aliphatic heterocycles. The fourth-order valence-electron chi connectivity index (χ4n) is 1.39. The minimum absolute atomic E-state index is 0.446. The summed E-state index contributed by atoms with van der Waals surface area (Å²) in [6.07, 6.45) is 0.939. The second-order valence-corrected chi connectivity index (χ2v) is 3.78. The van der Waals surface area contributed by atoms with Gasteiger partial charge in [0.05, 0.1) is 0 Å². The van der Waals surface area contributed by atoms with Gasteiger partial charge in [0.2, 0.25) is 0 Å². The van der Waals surface area contributed by atoms with E-state index in [1.165, 1.54) is 0 Å². The topological polar surface area (TPSA) is 17.1 Å². The molecule has 1 aromatic carbocycles. The standard InChI is InChI=1S/C12H16O/c1-9(2)10(3)12-7-5-4-6-11(12)8-13/h4-10H,1-3H3. The van der Waals surface area contributed by atoms with E-state index in [9.17, 15) is 4.79 Å². The third kappa shape index (κ3) is 2.18. The molecule has 0 bridgehead atoms. The summed E-state index contributed by atoms with van der Waals surface area (Å²) in [5, 5.41) is 0. The van der Waals surface area contributed by atoms with Crippen molar-refractivity contribution in [3.05, 3.63) is 35.4 Å². The van der Waals surface area contributed by atoms with Crippen molar-refractivity contribution in [3.8, 4) is 0 Å². The molecule has 0 aliphatic carbocycles. The fraction of sp³-hybridized carbons (Fsp3) is 0.417. The molecule has 0 aromatic heterocycles. The molecule has 0 heterocycles. The highest BCUT2D eigenvalue weighted by atomic mass is 16.1. The van der Waals surface area contributed by atoms with Crippen molar-refractivity contribution in [2.24, 2.45) is 5.92 Å². The van der Waals surface area contributed by atoms with Crippen LogP contribution in [0.5, 0.6) is 0 Å². The van der Waals surface area contributed by atoms with E-state index in [4.69, 9.17) is 0 Å². The van der Waals surface area contributed by atoms with Crippen LogP contribution in [-0.4, -0.2) is 6.29 Å². The Morgan fingerprint density at radius 1 is 1.15 bits per heavy atom. The molecule has 0 radical (unpaired) electrons. The summed E-state index contributed by atoms with van der Waals surface area (Å²) >= 11 is 0. The number of carbonyl (C=O) groups excluding carboxylic acids is 1. The zero-order valence-electron chi connectivity index (χ0n) is 8.45. The molecule has 0 saturated carbocycles. The van der Waals surface area contributed by atoms with Crippen LogP contribution in [0.15, 0.2) is 24.3 Å². The molecule has 0 N–H and O–H groups in total. The summed E-state index contributed by atoms with van der Waals surface area (Å²) in [6, 6.07) is 7.80. The maximum atomic E-state index is 10.8. The Morgan fingerprint density at radius 2 is 1.77 bits per heavy atom. The Morgan fingerprint density at radius 3 is 2.31 bits per heavy atom. The predicted octanol–water partition coefficient (Wildman–Crippen LogP) is 3.26. The van der Waals surface area contributed by atoms with E-state index in [-0.39, 0.29) is 0 Å². The van der Waals surface area contributed by atoms with E-state index in [1.807, 2.05) is 24.3 Å². The molecule has 0 saturated heterocycles. The number of aldehydes is 1. The molecule has 1 heteroatoms. The molecular weight excluding hydrogens is 160 g/mol. The first kappa shape index (κ1) is 9.97. The van der Waals surface area contributed by atoms with Crippen LogP contribution < -0.4 is 0 Å². The monoisotopic (exact) mass is 176 g/mol. The normalized spacial score (nSPS) is 12.9. The Labute approximate surface area is 79.8 Å². The van der Waals surface area contributed by atoms with E-state index in [0.29, 0.717) is 11.8 Å². The lowest BCUT2D eigenvalue weighted by Crippen LogP contribution is -2.04. The van der Waals surface area contributed by atoms with Crippen molar-refractivity contribution >= 4 is 6.29 Å². The zero-order chi connectivity index (χ0) is 9.84. The smallest absolute Gasteiger partial charge is 0.150 e. The van der Waals surface area contributed by atoms with Crippen LogP contribution >= 0.6 is 0 Å². The first-order valence-electron chi connectivity index (χ1n) is 4.71. The number of carbonyl (C=O) groups is 1. The molecular formula is C12H16O. The summed E-state index contributed by atoms with van der Waals surface area (Å²) in [5.74, 6) is 1.02. The molecule has 1 nitrogen and oxygen atoms in total. The van der Waals surface area contributed by atoms with Gasteiger partial charge in [0, 0.05) is 5.56 Å². The maximum Gasteiger partial charge on any atom is 0.150 e. The highest BCUT2D eigenvalue weighted by Crippen LogP contribution is 2.25. The first-order valence-corrected chi connectivity index (χ1v) is 4.71. The molecule has 13 heavy (non-hydrogen) atoms. The van der Waals surface area contributed by atoms with Crippen LogP contribution in [0.3, 0.4) is 0 Å². The summed E-state index contributed by atoms with van der Waals surface area (Å²) in [4.78, 5) is 10.8. The Bertz CT molecular complexity index is 289. The molecule has 0 fully saturated rings. The van der Waals surface area contributed by atoms with E-state index < -0.39 is 0 Å². The van der Waals surface area contributed by atoms with E-state index in [1.54, 1.807) is 0 Å². The quantitative estimate of drug-likeness (QED) is 0.646. The van der Waals surface area contributed by atoms with Crippen LogP contribution in [0, 0.1) is 5.92 Å². The average Bonchev–Trinajstić information content (AvgIpc) is 2.16. The van der Waals surface area contributed by atoms with Crippen molar-refractivity contribution in [1.82, 2.24) is 0 Å². The van der Waals surface area contributed by atoms with Gasteiger partial charge in [-0.2, -0.15) is 0 Å². The van der Waals surface area contributed by atoms with Crippen LogP contribution in [0.25, 0.3) is 0 Å². The van der Waals surface area contributed by atoms with Crippen molar-refractivity contribution < 1.29 is 4.79 Å². The summed E-state index contributed by atoms with van der Waals surface area (Å²) < 4.78 is 0. The van der Waals surface area contributed by atoms with Gasteiger partial charge in [0.15, 0.2) is 0 Å². The van der Waals surface area contributed by atoms with Crippen LogP contribution in [0.2, 0.25) is 0 Å². The molecule has 1 rings (SSSR count). The lowest BCUT2D eigenvalue weighted by atomic mass is 9.88. The second-order valence-electron chi connectivity index (χ2n) is 3.78. The molecule has 70 valence electrons. The highest BCUT2D eigenvalue weighted by Gasteiger charge is 2.12. The predicted molar refractivity (Wildman–Crippen MR) is 55.1 cm³/mol. The van der Waals surface area contributed by atoms with Crippen LogP contribution in [0.4, 0.5) is 0 Å².